The number of hydrogen-bond acceptors (Lipinski definition) is 3. The third kappa shape index (κ3) is 6.17. The Morgan fingerprint density at radius 3 is 2.23 bits per heavy atom. The number of aryl methyl sites for hydroxylation is 2. The number of carbonyl (C=O) groups is 2. The number of hydrogen-bond donors (Lipinski definition) is 2. The molecule has 2 amide bonds. The topological polar surface area (TPSA) is 75.4 Å². The number of carbonyl (C=O) groups excluding carboxylic acids is 2. The quantitative estimate of drug-likeness (QED) is 0.616. The molecule has 0 aromatic heterocycles. The Balaban J connectivity index is 1.63. The maximum Gasteiger partial charge on any atom is 0.248 e. The number of nitrogens with two attached hydrogens (primary N) is 1. The Labute approximate surface area is 186 Å². The molecule has 5 heteroatoms. The summed E-state index contributed by atoms with van der Waals surface area (Å²) in [6, 6.07) is 14.3. The van der Waals surface area contributed by atoms with E-state index in [1.165, 1.54) is 24.0 Å². The van der Waals surface area contributed by atoms with Crippen LogP contribution in [0, 0.1) is 19.8 Å². The zero-order valence-corrected chi connectivity index (χ0v) is 19.2. The molecule has 166 valence electrons. The fraction of sp³-hybridized carbons (Fsp3) is 0.462. The Bertz CT molecular complexity index is 896. The van der Waals surface area contributed by atoms with Gasteiger partial charge >= 0.3 is 0 Å². The summed E-state index contributed by atoms with van der Waals surface area (Å²) in [5, 5.41) is 3.18. The zero-order valence-electron chi connectivity index (χ0n) is 19.2. The molecule has 3 N–H and O–H groups in total. The first-order valence-electron chi connectivity index (χ1n) is 11.1. The van der Waals surface area contributed by atoms with E-state index in [1.54, 1.807) is 0 Å². The minimum Gasteiger partial charge on any atom is -0.366 e. The summed E-state index contributed by atoms with van der Waals surface area (Å²) in [6.45, 7) is 4.62. The molecule has 1 saturated carbocycles. The van der Waals surface area contributed by atoms with E-state index in [-0.39, 0.29) is 11.9 Å². The number of nitrogens with one attached hydrogen (secondary N) is 1. The van der Waals surface area contributed by atoms with Crippen molar-refractivity contribution in [1.29, 1.82) is 0 Å². The molecule has 3 rings (SSSR count). The van der Waals surface area contributed by atoms with Gasteiger partial charge in [0.25, 0.3) is 0 Å². The Hall–Kier alpha value is -2.66. The average Bonchev–Trinajstić information content (AvgIpc) is 3.56. The van der Waals surface area contributed by atoms with Gasteiger partial charge < -0.3 is 16.0 Å². The fourth-order valence-electron chi connectivity index (χ4n) is 4.39. The van der Waals surface area contributed by atoms with Crippen LogP contribution in [0.25, 0.3) is 0 Å². The van der Waals surface area contributed by atoms with Crippen molar-refractivity contribution in [2.45, 2.75) is 51.5 Å². The molecule has 0 unspecified atom stereocenters. The first kappa shape index (κ1) is 23.0. The molecule has 0 radical (unpaired) electrons. The van der Waals surface area contributed by atoms with Crippen LogP contribution in [0.4, 0.5) is 0 Å². The first-order chi connectivity index (χ1) is 14.8. The van der Waals surface area contributed by atoms with Crippen LogP contribution < -0.4 is 11.1 Å². The van der Waals surface area contributed by atoms with Gasteiger partial charge in [0.05, 0.1) is 0 Å². The lowest BCUT2D eigenvalue weighted by Gasteiger charge is -2.27. The highest BCUT2D eigenvalue weighted by Gasteiger charge is 2.33. The van der Waals surface area contributed by atoms with E-state index >= 15 is 0 Å². The molecule has 0 saturated heterocycles. The van der Waals surface area contributed by atoms with Crippen molar-refractivity contribution in [3.05, 3.63) is 70.3 Å². The van der Waals surface area contributed by atoms with E-state index in [9.17, 15) is 9.59 Å². The van der Waals surface area contributed by atoms with Gasteiger partial charge in [-0.15, -0.1) is 0 Å². The third-order valence-electron chi connectivity index (χ3n) is 6.51. The molecule has 5 nitrogen and oxygen atoms in total. The summed E-state index contributed by atoms with van der Waals surface area (Å²) in [6.07, 6.45) is 3.77. The summed E-state index contributed by atoms with van der Waals surface area (Å²) >= 11 is 0. The second-order valence-electron chi connectivity index (χ2n) is 9.14. The standard InChI is InChI=1S/C26H35N3O2/c1-17-12-21(26(27)31)13-18(2)23(17)14-22(29(3)4)16-28-25(30)15-24(20-10-11-20)19-8-6-5-7-9-19/h5-9,12-13,20,22,24H,10-11,14-16H2,1-4H3,(H2,27,31)(H,28,30)/t22-,24+/m0/s1. The predicted octanol–water partition coefficient (Wildman–Crippen LogP) is 3.58. The second kappa shape index (κ2) is 10.1. The van der Waals surface area contributed by atoms with Crippen LogP contribution in [0.15, 0.2) is 42.5 Å². The van der Waals surface area contributed by atoms with Crippen molar-refractivity contribution < 1.29 is 9.59 Å². The molecule has 2 aromatic rings. The van der Waals surface area contributed by atoms with Crippen molar-refractivity contribution in [3.8, 4) is 0 Å². The summed E-state index contributed by atoms with van der Waals surface area (Å²) < 4.78 is 0. The van der Waals surface area contributed by atoms with E-state index in [4.69, 9.17) is 5.73 Å². The number of amides is 2. The maximum atomic E-state index is 12.8. The lowest BCUT2D eigenvalue weighted by atomic mass is 9.90. The molecule has 0 spiro atoms. The van der Waals surface area contributed by atoms with Gasteiger partial charge in [-0.3, -0.25) is 9.59 Å². The predicted molar refractivity (Wildman–Crippen MR) is 125 cm³/mol. The highest BCUT2D eigenvalue weighted by Crippen LogP contribution is 2.44. The monoisotopic (exact) mass is 421 g/mol. The van der Waals surface area contributed by atoms with Gasteiger partial charge in [0, 0.05) is 24.6 Å². The van der Waals surface area contributed by atoms with Gasteiger partial charge in [-0.25, -0.2) is 0 Å². The third-order valence-corrected chi connectivity index (χ3v) is 6.51. The smallest absolute Gasteiger partial charge is 0.248 e. The molecular weight excluding hydrogens is 386 g/mol. The van der Waals surface area contributed by atoms with Crippen molar-refractivity contribution in [2.24, 2.45) is 11.7 Å². The van der Waals surface area contributed by atoms with Crippen LogP contribution >= 0.6 is 0 Å². The maximum absolute atomic E-state index is 12.8. The van der Waals surface area contributed by atoms with Crippen LogP contribution in [0.1, 0.15) is 57.8 Å². The van der Waals surface area contributed by atoms with E-state index in [2.05, 4.69) is 34.5 Å². The normalized spacial score (nSPS) is 15.5. The van der Waals surface area contributed by atoms with Crippen LogP contribution in [-0.2, 0) is 11.2 Å². The lowest BCUT2D eigenvalue weighted by Crippen LogP contribution is -2.42. The van der Waals surface area contributed by atoms with Crippen LogP contribution in [-0.4, -0.2) is 43.4 Å². The van der Waals surface area contributed by atoms with Gasteiger partial charge in [-0.1, -0.05) is 30.3 Å². The fourth-order valence-corrected chi connectivity index (χ4v) is 4.39. The van der Waals surface area contributed by atoms with E-state index in [0.717, 1.165) is 17.5 Å². The SMILES string of the molecule is Cc1cc(C(N)=O)cc(C)c1C[C@@H](CNC(=O)C[C@H](c1ccccc1)C1CC1)N(C)C. The molecule has 1 fully saturated rings. The van der Waals surface area contributed by atoms with Crippen molar-refractivity contribution in [1.82, 2.24) is 10.2 Å². The zero-order chi connectivity index (χ0) is 22.5. The van der Waals surface area contributed by atoms with Crippen molar-refractivity contribution >= 4 is 11.8 Å². The molecule has 0 aliphatic heterocycles. The second-order valence-corrected chi connectivity index (χ2v) is 9.14. The van der Waals surface area contributed by atoms with Crippen LogP contribution in [0.5, 0.6) is 0 Å². The number of primary amides is 1. The van der Waals surface area contributed by atoms with Crippen LogP contribution in [0.3, 0.4) is 0 Å². The van der Waals surface area contributed by atoms with E-state index in [1.807, 2.05) is 46.1 Å². The summed E-state index contributed by atoms with van der Waals surface area (Å²) in [5.41, 5.74) is 10.6. The highest BCUT2D eigenvalue weighted by atomic mass is 16.1. The molecule has 2 atom stereocenters. The largest absolute Gasteiger partial charge is 0.366 e. The molecule has 1 aliphatic carbocycles. The van der Waals surface area contributed by atoms with Crippen molar-refractivity contribution in [2.75, 3.05) is 20.6 Å². The first-order valence-corrected chi connectivity index (χ1v) is 11.1. The average molecular weight is 422 g/mol. The Kier molecular flexibility index (Phi) is 7.50. The molecule has 0 bridgehead atoms. The van der Waals surface area contributed by atoms with Gasteiger partial charge in [-0.05, 0) is 93.4 Å². The molecule has 1 aliphatic rings. The molecule has 2 aromatic carbocycles. The van der Waals surface area contributed by atoms with E-state index in [0.29, 0.717) is 30.4 Å². The Morgan fingerprint density at radius 2 is 1.71 bits per heavy atom. The minimum atomic E-state index is -0.405. The highest BCUT2D eigenvalue weighted by molar-refractivity contribution is 5.93. The molecular formula is C26H35N3O2. The number of nitrogens with zero attached hydrogens (tertiary/aromatic N) is 1. The number of benzene rings is 2. The number of likely N-dealkylation sites (N-methyl/N-ethyl adjacent to an activating group) is 1. The number of rotatable bonds is 10. The van der Waals surface area contributed by atoms with Crippen LogP contribution in [0.2, 0.25) is 0 Å². The van der Waals surface area contributed by atoms with Gasteiger partial charge in [0.2, 0.25) is 11.8 Å². The molecule has 0 heterocycles. The van der Waals surface area contributed by atoms with Gasteiger partial charge in [0.15, 0.2) is 0 Å². The summed E-state index contributed by atoms with van der Waals surface area (Å²) in [7, 11) is 4.08. The summed E-state index contributed by atoms with van der Waals surface area (Å²) in [4.78, 5) is 26.5. The summed E-state index contributed by atoms with van der Waals surface area (Å²) in [5.74, 6) is 0.652. The van der Waals surface area contributed by atoms with E-state index < -0.39 is 5.91 Å². The minimum absolute atomic E-state index is 0.116. The Morgan fingerprint density at radius 1 is 1.10 bits per heavy atom. The van der Waals surface area contributed by atoms with Gasteiger partial charge in [0.1, 0.15) is 0 Å². The lowest BCUT2D eigenvalue weighted by molar-refractivity contribution is -0.121. The van der Waals surface area contributed by atoms with Crippen molar-refractivity contribution in [3.63, 3.8) is 0 Å². The van der Waals surface area contributed by atoms with Gasteiger partial charge in [-0.2, -0.15) is 0 Å². The molecule has 31 heavy (non-hydrogen) atoms.